The first-order valence-electron chi connectivity index (χ1n) is 10.2. The Morgan fingerprint density at radius 3 is 0.480 bits per heavy atom. The molecule has 0 radical (unpaired) electrons. The fourth-order valence-electron chi connectivity index (χ4n) is 2.72. The third-order valence-electron chi connectivity index (χ3n) is 5.84. The van der Waals surface area contributed by atoms with Crippen LogP contribution < -0.4 is 0 Å². The molecule has 0 spiro atoms. The van der Waals surface area contributed by atoms with Gasteiger partial charge in [-0.05, 0) is 31.9 Å². The molecule has 0 saturated heterocycles. The van der Waals surface area contributed by atoms with Crippen LogP contribution in [0.5, 0.6) is 0 Å². The van der Waals surface area contributed by atoms with Crippen molar-refractivity contribution in [3.05, 3.63) is 0 Å². The van der Waals surface area contributed by atoms with Gasteiger partial charge in [0.1, 0.15) is 0 Å². The van der Waals surface area contributed by atoms with Crippen LogP contribution in [0.3, 0.4) is 0 Å². The van der Waals surface area contributed by atoms with Crippen molar-refractivity contribution >= 4 is 31.9 Å². The Hall–Kier alpha value is -1.28. The highest BCUT2D eigenvalue weighted by Crippen LogP contribution is 2.70. The van der Waals surface area contributed by atoms with Crippen LogP contribution in [0, 0.1) is 0 Å². The molecule has 0 aliphatic carbocycles. The first-order valence-corrected chi connectivity index (χ1v) is 11.8. The summed E-state index contributed by atoms with van der Waals surface area (Å²) < 4.78 is 420. The summed E-state index contributed by atoms with van der Waals surface area (Å²) in [6, 6.07) is 0. The standard InChI is InChI=1S/C16Br2F32/c17-1(19,3(22,23)5(26,27)11(38,39)13(42,43)15(18,46)47)2(20,21)4(24,25)6(28,29)7(30,31)8(32,33)9(34,35)10(36,37)12(40,41)14(44,45)16(48,49)50. The third-order valence-corrected chi connectivity index (χ3v) is 7.33. The molecule has 1 atom stereocenters. The minimum absolute atomic E-state index is 0.118. The zero-order chi connectivity index (χ0) is 42.0. The van der Waals surface area contributed by atoms with Crippen LogP contribution in [0.4, 0.5) is 140 Å². The molecule has 0 aromatic heterocycles. The molecule has 0 aliphatic rings. The van der Waals surface area contributed by atoms with Crippen LogP contribution in [0.25, 0.3) is 0 Å². The summed E-state index contributed by atoms with van der Waals surface area (Å²) in [6.45, 7) is 0. The van der Waals surface area contributed by atoms with E-state index in [-0.39, 0.29) is 15.9 Å². The van der Waals surface area contributed by atoms with Gasteiger partial charge >= 0.3 is 92.6 Å². The number of rotatable bonds is 14. The molecule has 0 aromatic rings. The molecule has 0 N–H and O–H groups in total. The van der Waals surface area contributed by atoms with Crippen molar-refractivity contribution in [2.45, 2.75) is 92.6 Å². The van der Waals surface area contributed by atoms with Crippen LogP contribution in [0.15, 0.2) is 0 Å². The van der Waals surface area contributed by atoms with Crippen LogP contribution in [-0.2, 0) is 0 Å². The van der Waals surface area contributed by atoms with Crippen molar-refractivity contribution < 1.29 is 140 Å². The van der Waals surface area contributed by atoms with E-state index >= 15 is 0 Å². The van der Waals surface area contributed by atoms with Crippen molar-refractivity contribution in [3.63, 3.8) is 0 Å². The van der Waals surface area contributed by atoms with Gasteiger partial charge in [-0.15, -0.1) is 0 Å². The lowest BCUT2D eigenvalue weighted by Gasteiger charge is -2.47. The lowest BCUT2D eigenvalue weighted by Crippen LogP contribution is -2.79. The van der Waals surface area contributed by atoms with Crippen molar-refractivity contribution in [3.8, 4) is 0 Å². The molecular formula is C16Br2F32. The molecule has 0 saturated carbocycles. The van der Waals surface area contributed by atoms with Crippen LogP contribution in [0.1, 0.15) is 0 Å². The van der Waals surface area contributed by atoms with Gasteiger partial charge in [-0.1, -0.05) is 0 Å². The summed E-state index contributed by atoms with van der Waals surface area (Å²) in [5.74, 6) is -122. The lowest BCUT2D eigenvalue weighted by atomic mass is 9.84. The molecule has 0 bridgehead atoms. The van der Waals surface area contributed by atoms with E-state index in [0.717, 1.165) is 0 Å². The molecule has 0 aromatic carbocycles. The zero-order valence-corrected chi connectivity index (χ0v) is 24.0. The number of hydrogen-bond donors (Lipinski definition) is 0. The Morgan fingerprint density at radius 2 is 0.320 bits per heavy atom. The Labute approximate surface area is 265 Å². The van der Waals surface area contributed by atoms with Gasteiger partial charge in [0.25, 0.3) is 0 Å². The molecular weight excluding hydrogens is 960 g/mol. The second kappa shape index (κ2) is 11.6. The van der Waals surface area contributed by atoms with E-state index in [9.17, 15) is 140 Å². The number of hydrogen-bond acceptors (Lipinski definition) is 0. The Balaban J connectivity index is 7.70. The van der Waals surface area contributed by atoms with Crippen molar-refractivity contribution in [2.24, 2.45) is 0 Å². The second-order valence-electron chi connectivity index (χ2n) is 9.04. The van der Waals surface area contributed by atoms with E-state index in [1.54, 1.807) is 0 Å². The molecule has 0 aliphatic heterocycles. The third kappa shape index (κ3) is 5.46. The average molecular weight is 960 g/mol. The first kappa shape index (κ1) is 48.7. The average Bonchev–Trinajstić information content (AvgIpc) is 2.85. The summed E-state index contributed by atoms with van der Waals surface area (Å²) in [5, 5.41) is 0. The van der Waals surface area contributed by atoms with E-state index in [1.807, 2.05) is 0 Å². The van der Waals surface area contributed by atoms with E-state index in [2.05, 4.69) is 0 Å². The van der Waals surface area contributed by atoms with Crippen LogP contribution in [0.2, 0.25) is 0 Å². The van der Waals surface area contributed by atoms with Gasteiger partial charge in [-0.25, -0.2) is 4.39 Å². The van der Waals surface area contributed by atoms with Crippen LogP contribution in [-0.4, -0.2) is 92.6 Å². The van der Waals surface area contributed by atoms with Crippen molar-refractivity contribution in [2.75, 3.05) is 0 Å². The SMILES string of the molecule is FC(F)(F)C(F)(F)C(F)(F)C(F)(F)C(F)(F)C(F)(F)C(F)(F)C(F)(F)C(F)(F)C(F)(F)C(F)(Br)C(F)(F)C(F)(F)C(F)(F)C(F)(F)C(F)(F)Br. The fraction of sp³-hybridized carbons (Fsp3) is 1.00. The molecule has 0 fully saturated rings. The normalized spacial score (nSPS) is 18.4. The van der Waals surface area contributed by atoms with Gasteiger partial charge in [0.15, 0.2) is 0 Å². The van der Waals surface area contributed by atoms with Crippen molar-refractivity contribution in [1.29, 1.82) is 0 Å². The van der Waals surface area contributed by atoms with Crippen LogP contribution >= 0.6 is 31.9 Å². The van der Waals surface area contributed by atoms with Gasteiger partial charge in [0.2, 0.25) is 0 Å². The summed E-state index contributed by atoms with van der Waals surface area (Å²) in [4.78, 5) is -6.98. The molecule has 0 amide bonds. The number of halogens is 34. The Morgan fingerprint density at radius 1 is 0.180 bits per heavy atom. The predicted molar refractivity (Wildman–Crippen MR) is 97.0 cm³/mol. The molecule has 1 unspecified atom stereocenters. The second-order valence-corrected chi connectivity index (χ2v) is 11.1. The van der Waals surface area contributed by atoms with E-state index in [1.165, 1.54) is 0 Å². The largest absolute Gasteiger partial charge is 0.460 e. The minimum atomic E-state index is -10.0. The molecule has 0 rings (SSSR count). The maximum absolute atomic E-state index is 14.2. The Bertz CT molecular complexity index is 1150. The lowest BCUT2D eigenvalue weighted by molar-refractivity contribution is -0.478. The van der Waals surface area contributed by atoms with Gasteiger partial charge < -0.3 is 0 Å². The summed E-state index contributed by atoms with van der Waals surface area (Å²) >= 11 is -0.455. The van der Waals surface area contributed by atoms with Gasteiger partial charge in [0.05, 0.1) is 0 Å². The van der Waals surface area contributed by atoms with Gasteiger partial charge in [-0.3, -0.25) is 0 Å². The maximum Gasteiger partial charge on any atom is 0.460 e. The highest BCUT2D eigenvalue weighted by atomic mass is 79.9. The maximum atomic E-state index is 14.2. The van der Waals surface area contributed by atoms with E-state index < -0.39 is 109 Å². The summed E-state index contributed by atoms with van der Waals surface area (Å²) in [5.41, 5.74) is 0. The summed E-state index contributed by atoms with van der Waals surface area (Å²) in [7, 11) is 0. The van der Waals surface area contributed by atoms with E-state index in [4.69, 9.17) is 0 Å². The quantitative estimate of drug-likeness (QED) is 0.120. The molecule has 0 nitrogen and oxygen atoms in total. The number of alkyl halides is 34. The highest BCUT2D eigenvalue weighted by Gasteiger charge is 3.01. The monoisotopic (exact) mass is 958 g/mol. The molecule has 50 heavy (non-hydrogen) atoms. The summed E-state index contributed by atoms with van der Waals surface area (Å²) in [6.07, 6.45) is -8.34. The first-order chi connectivity index (χ1) is 20.8. The minimum Gasteiger partial charge on any atom is -0.217 e. The van der Waals surface area contributed by atoms with Gasteiger partial charge in [0, 0.05) is 0 Å². The predicted octanol–water partition coefficient (Wildman–Crippen LogP) is 11.9. The Kier molecular flexibility index (Phi) is 11.3. The molecule has 0 heterocycles. The van der Waals surface area contributed by atoms with Gasteiger partial charge in [-0.2, -0.15) is 136 Å². The highest BCUT2D eigenvalue weighted by molar-refractivity contribution is 9.10. The molecule has 34 heteroatoms. The smallest absolute Gasteiger partial charge is 0.217 e. The zero-order valence-electron chi connectivity index (χ0n) is 20.9. The fourth-order valence-corrected chi connectivity index (χ4v) is 3.47. The van der Waals surface area contributed by atoms with Crippen molar-refractivity contribution in [1.82, 2.24) is 0 Å². The molecule has 302 valence electrons. The van der Waals surface area contributed by atoms with E-state index in [0.29, 0.717) is 0 Å². The topological polar surface area (TPSA) is 0 Å².